The SMILES string of the molecule is COc1ccc2ncc(Cl)c(C34CCC(NCc5ccc6c(n5)NC(=O)CO6)(CC3)CC4)c2n1. The number of ether oxygens (including phenoxy) is 2. The van der Waals surface area contributed by atoms with Gasteiger partial charge in [0, 0.05) is 29.9 Å². The van der Waals surface area contributed by atoms with E-state index in [1.165, 1.54) is 0 Å². The van der Waals surface area contributed by atoms with Crippen LogP contribution in [-0.2, 0) is 16.8 Å². The molecule has 4 heterocycles. The Morgan fingerprint density at radius 3 is 2.68 bits per heavy atom. The molecule has 3 saturated carbocycles. The van der Waals surface area contributed by atoms with Gasteiger partial charge in [-0.1, -0.05) is 11.6 Å². The molecule has 7 rings (SSSR count). The number of carbonyl (C=O) groups excluding carboxylic acids is 1. The van der Waals surface area contributed by atoms with Crippen LogP contribution in [-0.4, -0.2) is 40.1 Å². The second-order valence-corrected chi connectivity index (χ2v) is 10.0. The molecule has 34 heavy (non-hydrogen) atoms. The van der Waals surface area contributed by atoms with Gasteiger partial charge in [0.1, 0.15) is 0 Å². The molecule has 2 bridgehead atoms. The van der Waals surface area contributed by atoms with E-state index in [0.29, 0.717) is 29.0 Å². The summed E-state index contributed by atoms with van der Waals surface area (Å²) in [7, 11) is 1.63. The molecule has 1 aliphatic heterocycles. The van der Waals surface area contributed by atoms with Crippen molar-refractivity contribution in [3.8, 4) is 11.6 Å². The summed E-state index contributed by atoms with van der Waals surface area (Å²) in [5.41, 5.74) is 3.81. The molecule has 3 aliphatic carbocycles. The van der Waals surface area contributed by atoms with Crippen LogP contribution in [0, 0.1) is 0 Å². The number of methoxy groups -OCH3 is 1. The average molecular weight is 480 g/mol. The molecule has 4 aliphatic rings. The molecule has 0 unspecified atom stereocenters. The number of nitrogens with one attached hydrogen (secondary N) is 2. The summed E-state index contributed by atoms with van der Waals surface area (Å²) >= 11 is 6.75. The fourth-order valence-electron chi connectivity index (χ4n) is 5.85. The van der Waals surface area contributed by atoms with E-state index in [1.807, 2.05) is 24.3 Å². The number of hydrogen-bond donors (Lipinski definition) is 2. The van der Waals surface area contributed by atoms with Gasteiger partial charge < -0.3 is 20.1 Å². The summed E-state index contributed by atoms with van der Waals surface area (Å²) in [6, 6.07) is 7.63. The summed E-state index contributed by atoms with van der Waals surface area (Å²) in [5, 5.41) is 7.28. The lowest BCUT2D eigenvalue weighted by atomic mass is 9.55. The predicted octanol–water partition coefficient (Wildman–Crippen LogP) is 4.15. The molecule has 0 atom stereocenters. The molecule has 0 aromatic carbocycles. The Bertz CT molecular complexity index is 1270. The molecule has 3 fully saturated rings. The van der Waals surface area contributed by atoms with Crippen LogP contribution in [0.1, 0.15) is 49.8 Å². The first kappa shape index (κ1) is 21.6. The van der Waals surface area contributed by atoms with Crippen molar-refractivity contribution >= 4 is 34.4 Å². The van der Waals surface area contributed by atoms with Crippen LogP contribution in [0.5, 0.6) is 11.6 Å². The highest BCUT2D eigenvalue weighted by atomic mass is 35.5. The molecule has 9 heteroatoms. The van der Waals surface area contributed by atoms with Crippen molar-refractivity contribution in [2.75, 3.05) is 19.0 Å². The predicted molar refractivity (Wildman–Crippen MR) is 128 cm³/mol. The van der Waals surface area contributed by atoms with Crippen LogP contribution in [0.25, 0.3) is 11.0 Å². The fraction of sp³-hybridized carbons (Fsp3) is 0.440. The lowest BCUT2D eigenvalue weighted by molar-refractivity contribution is -0.118. The Morgan fingerprint density at radius 1 is 1.12 bits per heavy atom. The first-order valence-electron chi connectivity index (χ1n) is 11.7. The monoisotopic (exact) mass is 479 g/mol. The second-order valence-electron chi connectivity index (χ2n) is 9.60. The normalized spacial score (nSPS) is 25.5. The van der Waals surface area contributed by atoms with Gasteiger partial charge in [-0.2, -0.15) is 0 Å². The molecule has 1 amide bonds. The van der Waals surface area contributed by atoms with Crippen LogP contribution in [0.2, 0.25) is 5.02 Å². The highest BCUT2D eigenvalue weighted by Gasteiger charge is 2.50. The molecular weight excluding hydrogens is 454 g/mol. The first-order chi connectivity index (χ1) is 16.5. The van der Waals surface area contributed by atoms with Crippen molar-refractivity contribution in [3.63, 3.8) is 0 Å². The molecule has 0 saturated heterocycles. The van der Waals surface area contributed by atoms with Crippen LogP contribution in [0.4, 0.5) is 5.82 Å². The third kappa shape index (κ3) is 3.56. The number of fused-ring (bicyclic) bond motifs is 5. The number of carbonyl (C=O) groups is 1. The topological polar surface area (TPSA) is 98.3 Å². The Kier molecular flexibility index (Phi) is 5.11. The van der Waals surface area contributed by atoms with Crippen LogP contribution < -0.4 is 20.1 Å². The molecule has 8 nitrogen and oxygen atoms in total. The number of pyridine rings is 3. The van der Waals surface area contributed by atoms with Gasteiger partial charge in [-0.25, -0.2) is 9.97 Å². The lowest BCUT2D eigenvalue weighted by Crippen LogP contribution is -2.56. The van der Waals surface area contributed by atoms with E-state index in [0.717, 1.165) is 60.8 Å². The molecular formula is C25H26ClN5O3. The Morgan fingerprint density at radius 2 is 1.91 bits per heavy atom. The zero-order valence-corrected chi connectivity index (χ0v) is 19.7. The van der Waals surface area contributed by atoms with Crippen molar-refractivity contribution in [1.82, 2.24) is 20.3 Å². The minimum Gasteiger partial charge on any atom is -0.481 e. The Hall–Kier alpha value is -2.97. The minimum atomic E-state index is -0.172. The third-order valence-electron chi connectivity index (χ3n) is 7.80. The van der Waals surface area contributed by atoms with Gasteiger partial charge in [0.15, 0.2) is 18.2 Å². The zero-order valence-electron chi connectivity index (χ0n) is 19.0. The van der Waals surface area contributed by atoms with E-state index in [1.54, 1.807) is 13.3 Å². The molecule has 0 spiro atoms. The Balaban J connectivity index is 1.21. The maximum atomic E-state index is 11.6. The van der Waals surface area contributed by atoms with Crippen molar-refractivity contribution in [1.29, 1.82) is 0 Å². The van der Waals surface area contributed by atoms with E-state index >= 15 is 0 Å². The summed E-state index contributed by atoms with van der Waals surface area (Å²) in [6.07, 6.45) is 8.06. The van der Waals surface area contributed by atoms with Gasteiger partial charge in [0.25, 0.3) is 5.91 Å². The standard InChI is InChI=1S/C25H26ClN5O3/c1-33-20-5-3-17-22(31-20)21(16(26)13-27-17)24-6-9-25(10-7-24,11-8-24)28-12-15-2-4-18-23(29-15)30-19(32)14-34-18/h2-5,13,28H,6-12,14H2,1H3,(H,29,30,32). The molecule has 3 aromatic heterocycles. The van der Waals surface area contributed by atoms with E-state index < -0.39 is 0 Å². The van der Waals surface area contributed by atoms with Crippen molar-refractivity contribution < 1.29 is 14.3 Å². The summed E-state index contributed by atoms with van der Waals surface area (Å²) in [5.74, 6) is 1.53. The van der Waals surface area contributed by atoms with Crippen molar-refractivity contribution in [3.05, 3.63) is 46.7 Å². The van der Waals surface area contributed by atoms with Crippen molar-refractivity contribution in [2.24, 2.45) is 0 Å². The van der Waals surface area contributed by atoms with Crippen molar-refractivity contribution in [2.45, 2.75) is 56.0 Å². The highest BCUT2D eigenvalue weighted by molar-refractivity contribution is 6.32. The van der Waals surface area contributed by atoms with E-state index in [-0.39, 0.29) is 23.5 Å². The van der Waals surface area contributed by atoms with Crippen LogP contribution >= 0.6 is 11.6 Å². The number of nitrogens with zero attached hydrogens (tertiary/aromatic N) is 3. The van der Waals surface area contributed by atoms with Crippen LogP contribution in [0.3, 0.4) is 0 Å². The minimum absolute atomic E-state index is 0.00670. The van der Waals surface area contributed by atoms with E-state index in [9.17, 15) is 4.79 Å². The van der Waals surface area contributed by atoms with Gasteiger partial charge in [0.05, 0.1) is 28.9 Å². The number of aromatic nitrogens is 3. The highest BCUT2D eigenvalue weighted by Crippen LogP contribution is 2.56. The number of amides is 1. The van der Waals surface area contributed by atoms with Gasteiger partial charge in [-0.15, -0.1) is 0 Å². The number of anilines is 1. The fourth-order valence-corrected chi connectivity index (χ4v) is 6.19. The van der Waals surface area contributed by atoms with E-state index in [2.05, 4.69) is 20.6 Å². The maximum Gasteiger partial charge on any atom is 0.263 e. The van der Waals surface area contributed by atoms with Crippen LogP contribution in [0.15, 0.2) is 30.5 Å². The molecule has 176 valence electrons. The maximum absolute atomic E-state index is 11.6. The number of hydrogen-bond acceptors (Lipinski definition) is 7. The smallest absolute Gasteiger partial charge is 0.263 e. The van der Waals surface area contributed by atoms with Gasteiger partial charge >= 0.3 is 0 Å². The third-order valence-corrected chi connectivity index (χ3v) is 8.09. The average Bonchev–Trinajstić information content (AvgIpc) is 2.88. The summed E-state index contributed by atoms with van der Waals surface area (Å²) < 4.78 is 10.8. The van der Waals surface area contributed by atoms with Gasteiger partial charge in [0.2, 0.25) is 5.88 Å². The number of rotatable bonds is 5. The molecule has 0 radical (unpaired) electrons. The molecule has 2 N–H and O–H groups in total. The quantitative estimate of drug-likeness (QED) is 0.567. The summed E-state index contributed by atoms with van der Waals surface area (Å²) in [6.45, 7) is 0.685. The van der Waals surface area contributed by atoms with E-state index in [4.69, 9.17) is 26.1 Å². The largest absolute Gasteiger partial charge is 0.481 e. The summed E-state index contributed by atoms with van der Waals surface area (Å²) in [4.78, 5) is 25.4. The number of halogens is 1. The molecule has 3 aromatic rings. The second kappa shape index (κ2) is 8.06. The Labute approximate surface area is 202 Å². The lowest BCUT2D eigenvalue weighted by Gasteiger charge is -2.54. The zero-order chi connectivity index (χ0) is 23.3. The first-order valence-corrected chi connectivity index (χ1v) is 12.0. The van der Waals surface area contributed by atoms with Gasteiger partial charge in [-0.3, -0.25) is 9.78 Å². The van der Waals surface area contributed by atoms with Gasteiger partial charge in [-0.05, 0) is 62.1 Å².